The van der Waals surface area contributed by atoms with Crippen LogP contribution >= 0.6 is 15.9 Å². The molecule has 0 aliphatic rings. The van der Waals surface area contributed by atoms with Crippen LogP contribution in [-0.4, -0.2) is 32.7 Å². The number of amides is 1. The standard InChI is InChI=1S/C13H16BrN5O/c1-9(2)19-12(16-17-18-19)7-8-15-13(20)10-5-3-4-6-11(10)14/h3-6,9H,7-8H2,1-2H3,(H,15,20). The smallest absolute Gasteiger partial charge is 0.252 e. The van der Waals surface area contributed by atoms with Crippen molar-refractivity contribution in [2.24, 2.45) is 0 Å². The van der Waals surface area contributed by atoms with Crippen molar-refractivity contribution in [2.75, 3.05) is 6.54 Å². The zero-order valence-corrected chi connectivity index (χ0v) is 13.0. The van der Waals surface area contributed by atoms with Crippen LogP contribution in [0.15, 0.2) is 28.7 Å². The molecule has 1 aromatic carbocycles. The Morgan fingerprint density at radius 3 is 2.85 bits per heavy atom. The second kappa shape index (κ2) is 6.60. The molecule has 1 heterocycles. The number of tetrazole rings is 1. The lowest BCUT2D eigenvalue weighted by Gasteiger charge is -2.09. The third-order valence-corrected chi connectivity index (χ3v) is 3.49. The number of carbonyl (C=O) groups excluding carboxylic acids is 1. The van der Waals surface area contributed by atoms with Gasteiger partial charge in [0.25, 0.3) is 5.91 Å². The van der Waals surface area contributed by atoms with Gasteiger partial charge < -0.3 is 5.32 Å². The van der Waals surface area contributed by atoms with Gasteiger partial charge in [0.1, 0.15) is 0 Å². The molecule has 0 fully saturated rings. The quantitative estimate of drug-likeness (QED) is 0.905. The molecule has 2 rings (SSSR count). The van der Waals surface area contributed by atoms with Gasteiger partial charge >= 0.3 is 0 Å². The number of nitrogens with one attached hydrogen (secondary N) is 1. The number of carbonyl (C=O) groups is 1. The minimum absolute atomic E-state index is 0.110. The third-order valence-electron chi connectivity index (χ3n) is 2.80. The molecule has 0 spiro atoms. The Bertz CT molecular complexity index is 596. The van der Waals surface area contributed by atoms with E-state index in [1.165, 1.54) is 0 Å². The number of nitrogens with zero attached hydrogens (tertiary/aromatic N) is 4. The molecule has 0 saturated carbocycles. The Balaban J connectivity index is 1.92. The molecule has 0 aliphatic heterocycles. The van der Waals surface area contributed by atoms with E-state index < -0.39 is 0 Å². The molecule has 7 heteroatoms. The van der Waals surface area contributed by atoms with Crippen molar-refractivity contribution in [2.45, 2.75) is 26.3 Å². The van der Waals surface area contributed by atoms with Crippen molar-refractivity contribution in [3.63, 3.8) is 0 Å². The van der Waals surface area contributed by atoms with Crippen molar-refractivity contribution >= 4 is 21.8 Å². The maximum Gasteiger partial charge on any atom is 0.252 e. The molecule has 0 unspecified atom stereocenters. The Kier molecular flexibility index (Phi) is 4.84. The molecular formula is C13H16BrN5O. The van der Waals surface area contributed by atoms with E-state index in [2.05, 4.69) is 36.8 Å². The fraction of sp³-hybridized carbons (Fsp3) is 0.385. The highest BCUT2D eigenvalue weighted by Gasteiger charge is 2.11. The van der Waals surface area contributed by atoms with E-state index in [4.69, 9.17) is 0 Å². The van der Waals surface area contributed by atoms with Gasteiger partial charge in [-0.15, -0.1) is 5.10 Å². The van der Waals surface area contributed by atoms with E-state index in [0.29, 0.717) is 18.5 Å². The van der Waals surface area contributed by atoms with Crippen LogP contribution in [0, 0.1) is 0 Å². The molecule has 1 aromatic heterocycles. The first-order chi connectivity index (χ1) is 9.59. The molecule has 1 N–H and O–H groups in total. The lowest BCUT2D eigenvalue weighted by molar-refractivity contribution is 0.0953. The average molecular weight is 338 g/mol. The van der Waals surface area contributed by atoms with E-state index >= 15 is 0 Å². The van der Waals surface area contributed by atoms with Gasteiger partial charge in [-0.2, -0.15) is 0 Å². The van der Waals surface area contributed by atoms with Crippen molar-refractivity contribution in [1.29, 1.82) is 0 Å². The van der Waals surface area contributed by atoms with Gasteiger partial charge in [-0.3, -0.25) is 4.79 Å². The van der Waals surface area contributed by atoms with Gasteiger partial charge in [-0.05, 0) is 52.3 Å². The summed E-state index contributed by atoms with van der Waals surface area (Å²) in [7, 11) is 0. The largest absolute Gasteiger partial charge is 0.352 e. The van der Waals surface area contributed by atoms with E-state index in [0.717, 1.165) is 10.3 Å². The van der Waals surface area contributed by atoms with Gasteiger partial charge in [-0.1, -0.05) is 12.1 Å². The molecule has 6 nitrogen and oxygen atoms in total. The minimum Gasteiger partial charge on any atom is -0.352 e. The first-order valence-corrected chi connectivity index (χ1v) is 7.18. The third kappa shape index (κ3) is 3.41. The van der Waals surface area contributed by atoms with Crippen molar-refractivity contribution < 1.29 is 4.79 Å². The van der Waals surface area contributed by atoms with E-state index in [9.17, 15) is 4.79 Å². The minimum atomic E-state index is -0.110. The lowest BCUT2D eigenvalue weighted by atomic mass is 10.2. The van der Waals surface area contributed by atoms with E-state index in [1.54, 1.807) is 10.7 Å². The summed E-state index contributed by atoms with van der Waals surface area (Å²) in [6, 6.07) is 7.53. The maximum atomic E-state index is 12.0. The predicted molar refractivity (Wildman–Crippen MR) is 78.4 cm³/mol. The maximum absolute atomic E-state index is 12.0. The van der Waals surface area contributed by atoms with Crippen LogP contribution in [0.4, 0.5) is 0 Å². The first-order valence-electron chi connectivity index (χ1n) is 6.39. The molecule has 0 bridgehead atoms. The molecule has 0 radical (unpaired) electrons. The van der Waals surface area contributed by atoms with Gasteiger partial charge in [0.2, 0.25) is 0 Å². The highest BCUT2D eigenvalue weighted by atomic mass is 79.9. The summed E-state index contributed by atoms with van der Waals surface area (Å²) in [5.74, 6) is 0.661. The van der Waals surface area contributed by atoms with Gasteiger partial charge in [0.05, 0.1) is 11.6 Å². The van der Waals surface area contributed by atoms with E-state index in [1.807, 2.05) is 32.0 Å². The number of rotatable bonds is 5. The normalized spacial score (nSPS) is 10.8. The number of aromatic nitrogens is 4. The first kappa shape index (κ1) is 14.6. The summed E-state index contributed by atoms with van der Waals surface area (Å²) < 4.78 is 2.54. The summed E-state index contributed by atoms with van der Waals surface area (Å²) in [5, 5.41) is 14.4. The monoisotopic (exact) mass is 337 g/mol. The van der Waals surface area contributed by atoms with Crippen molar-refractivity contribution in [3.05, 3.63) is 40.1 Å². The summed E-state index contributed by atoms with van der Waals surface area (Å²) >= 11 is 3.36. The van der Waals surface area contributed by atoms with Crippen LogP contribution < -0.4 is 5.32 Å². The molecule has 0 saturated heterocycles. The van der Waals surface area contributed by atoms with Gasteiger partial charge in [0, 0.05) is 17.4 Å². The lowest BCUT2D eigenvalue weighted by Crippen LogP contribution is -2.27. The van der Waals surface area contributed by atoms with Crippen LogP contribution in [0.3, 0.4) is 0 Å². The fourth-order valence-electron chi connectivity index (χ4n) is 1.81. The molecule has 0 atom stereocenters. The molecular weight excluding hydrogens is 322 g/mol. The van der Waals surface area contributed by atoms with Crippen LogP contribution in [0.1, 0.15) is 36.1 Å². The van der Waals surface area contributed by atoms with Crippen LogP contribution in [0.25, 0.3) is 0 Å². The highest BCUT2D eigenvalue weighted by Crippen LogP contribution is 2.15. The Morgan fingerprint density at radius 2 is 2.15 bits per heavy atom. The van der Waals surface area contributed by atoms with Crippen LogP contribution in [-0.2, 0) is 6.42 Å². The van der Waals surface area contributed by atoms with Crippen molar-refractivity contribution in [3.8, 4) is 0 Å². The zero-order valence-electron chi connectivity index (χ0n) is 11.4. The molecule has 2 aromatic rings. The molecule has 20 heavy (non-hydrogen) atoms. The second-order valence-electron chi connectivity index (χ2n) is 4.62. The number of hydrogen-bond acceptors (Lipinski definition) is 4. The number of hydrogen-bond donors (Lipinski definition) is 1. The molecule has 106 valence electrons. The molecule has 0 aliphatic carbocycles. The van der Waals surface area contributed by atoms with E-state index in [-0.39, 0.29) is 11.9 Å². The second-order valence-corrected chi connectivity index (χ2v) is 5.47. The summed E-state index contributed by atoms with van der Waals surface area (Å²) in [6.45, 7) is 4.52. The summed E-state index contributed by atoms with van der Waals surface area (Å²) in [6.07, 6.45) is 0.599. The Hall–Kier alpha value is -1.76. The van der Waals surface area contributed by atoms with Crippen LogP contribution in [0.2, 0.25) is 0 Å². The fourth-order valence-corrected chi connectivity index (χ4v) is 2.27. The van der Waals surface area contributed by atoms with Gasteiger partial charge in [0.15, 0.2) is 5.82 Å². The zero-order chi connectivity index (χ0) is 14.5. The molecule has 1 amide bonds. The van der Waals surface area contributed by atoms with Gasteiger partial charge in [-0.25, -0.2) is 4.68 Å². The summed E-state index contributed by atoms with van der Waals surface area (Å²) in [4.78, 5) is 12.0. The predicted octanol–water partition coefficient (Wildman–Crippen LogP) is 1.99. The number of halogens is 1. The highest BCUT2D eigenvalue weighted by molar-refractivity contribution is 9.10. The number of benzene rings is 1. The SMILES string of the molecule is CC(C)n1nnnc1CCNC(=O)c1ccccc1Br. The summed E-state index contributed by atoms with van der Waals surface area (Å²) in [5.41, 5.74) is 0.621. The average Bonchev–Trinajstić information content (AvgIpc) is 2.87. The topological polar surface area (TPSA) is 72.7 Å². The Labute approximate surface area is 125 Å². The Morgan fingerprint density at radius 1 is 1.40 bits per heavy atom. The van der Waals surface area contributed by atoms with Crippen LogP contribution in [0.5, 0.6) is 0 Å². The van der Waals surface area contributed by atoms with Crippen molar-refractivity contribution in [1.82, 2.24) is 25.5 Å².